The van der Waals surface area contributed by atoms with E-state index in [4.69, 9.17) is 9.47 Å². The molecule has 0 aromatic carbocycles. The monoisotopic (exact) mass is 376 g/mol. The quantitative estimate of drug-likeness (QED) is 0.643. The van der Waals surface area contributed by atoms with Gasteiger partial charge in [-0.25, -0.2) is 4.79 Å². The third-order valence-corrected chi connectivity index (χ3v) is 7.65. The van der Waals surface area contributed by atoms with E-state index in [1.54, 1.807) is 27.7 Å². The Morgan fingerprint density at radius 1 is 1.30 bits per heavy atom. The normalized spacial score (nSPS) is 50.4. The molecule has 27 heavy (non-hydrogen) atoms. The first kappa shape index (κ1) is 18.4. The van der Waals surface area contributed by atoms with Crippen molar-refractivity contribution in [3.63, 3.8) is 0 Å². The number of ketones is 1. The average Bonchev–Trinajstić information content (AvgIpc) is 2.96. The largest absolute Gasteiger partial charge is 0.467 e. The molecule has 0 radical (unpaired) electrons. The van der Waals surface area contributed by atoms with Gasteiger partial charge in [0.05, 0.1) is 24.5 Å². The van der Waals surface area contributed by atoms with E-state index in [0.717, 1.165) is 0 Å². The summed E-state index contributed by atoms with van der Waals surface area (Å²) in [6, 6.07) is 0. The van der Waals surface area contributed by atoms with Crippen LogP contribution in [0.5, 0.6) is 0 Å². The molecule has 1 saturated heterocycles. The Morgan fingerprint density at radius 2 is 1.93 bits per heavy atom. The van der Waals surface area contributed by atoms with Crippen molar-refractivity contribution >= 4 is 17.7 Å². The SMILES string of the molecule is COC(=O)[C@@]1(O)C=C(C)C2=CC(=O)[C@@]3(C)[C@H]4C(=O)O[C@H]([C@@H]4C)[C@H](O)[C@@H]3[C@]21C. The van der Waals surface area contributed by atoms with Crippen LogP contribution >= 0.6 is 0 Å². The lowest BCUT2D eigenvalue weighted by Crippen LogP contribution is -2.68. The Balaban J connectivity index is 2.02. The molecular weight excluding hydrogens is 352 g/mol. The number of carbonyl (C=O) groups excluding carboxylic acids is 3. The van der Waals surface area contributed by atoms with E-state index in [9.17, 15) is 24.6 Å². The highest BCUT2D eigenvalue weighted by Gasteiger charge is 2.76. The molecule has 1 aliphatic heterocycles. The fourth-order valence-electron chi connectivity index (χ4n) is 6.41. The third kappa shape index (κ3) is 1.73. The number of ether oxygens (including phenoxy) is 2. The first-order valence-electron chi connectivity index (χ1n) is 9.12. The van der Waals surface area contributed by atoms with Crippen molar-refractivity contribution in [3.05, 3.63) is 23.3 Å². The van der Waals surface area contributed by atoms with Crippen LogP contribution in [0, 0.1) is 28.6 Å². The fraction of sp³-hybridized carbons (Fsp3) is 0.650. The Labute approximate surface area is 157 Å². The van der Waals surface area contributed by atoms with Crippen molar-refractivity contribution in [1.29, 1.82) is 0 Å². The van der Waals surface area contributed by atoms with Crippen molar-refractivity contribution in [3.8, 4) is 0 Å². The minimum absolute atomic E-state index is 0.296. The molecule has 0 unspecified atom stereocenters. The lowest BCUT2D eigenvalue weighted by molar-refractivity contribution is -0.198. The Kier molecular flexibility index (Phi) is 3.46. The summed E-state index contributed by atoms with van der Waals surface area (Å²) in [4.78, 5) is 38.4. The molecule has 1 heterocycles. The Morgan fingerprint density at radius 3 is 2.52 bits per heavy atom. The number of fused-ring (bicyclic) bond motifs is 6. The van der Waals surface area contributed by atoms with E-state index in [0.29, 0.717) is 11.1 Å². The van der Waals surface area contributed by atoms with E-state index in [-0.39, 0.29) is 11.7 Å². The van der Waals surface area contributed by atoms with Crippen LogP contribution in [-0.2, 0) is 23.9 Å². The summed E-state index contributed by atoms with van der Waals surface area (Å²) in [6.07, 6.45) is 0.807. The predicted molar refractivity (Wildman–Crippen MR) is 92.1 cm³/mol. The highest BCUT2D eigenvalue weighted by atomic mass is 16.6. The van der Waals surface area contributed by atoms with Gasteiger partial charge in [0.2, 0.25) is 0 Å². The van der Waals surface area contributed by atoms with Gasteiger partial charge in [-0.2, -0.15) is 0 Å². The summed E-state index contributed by atoms with van der Waals surface area (Å²) in [5.74, 6) is -3.67. The van der Waals surface area contributed by atoms with Gasteiger partial charge in [-0.3, -0.25) is 9.59 Å². The maximum Gasteiger partial charge on any atom is 0.342 e. The van der Waals surface area contributed by atoms with Crippen LogP contribution in [0.25, 0.3) is 0 Å². The van der Waals surface area contributed by atoms with Gasteiger partial charge < -0.3 is 19.7 Å². The molecule has 2 bridgehead atoms. The zero-order valence-electron chi connectivity index (χ0n) is 16.0. The molecule has 0 amide bonds. The number of aliphatic hydroxyl groups excluding tert-OH is 1. The summed E-state index contributed by atoms with van der Waals surface area (Å²) in [6.45, 7) is 6.78. The number of hydrogen-bond acceptors (Lipinski definition) is 7. The highest BCUT2D eigenvalue weighted by Crippen LogP contribution is 2.68. The maximum atomic E-state index is 13.2. The first-order chi connectivity index (χ1) is 12.5. The molecule has 0 aromatic heterocycles. The van der Waals surface area contributed by atoms with E-state index in [1.807, 2.05) is 0 Å². The molecule has 0 aromatic rings. The van der Waals surface area contributed by atoms with Crippen LogP contribution in [0.1, 0.15) is 27.7 Å². The van der Waals surface area contributed by atoms with Crippen LogP contribution in [0.3, 0.4) is 0 Å². The average molecular weight is 376 g/mol. The highest BCUT2D eigenvalue weighted by molar-refractivity contribution is 6.03. The van der Waals surface area contributed by atoms with Crippen LogP contribution in [0.2, 0.25) is 0 Å². The number of hydrogen-bond donors (Lipinski definition) is 2. The van der Waals surface area contributed by atoms with Gasteiger partial charge in [0.25, 0.3) is 0 Å². The Hall–Kier alpha value is -1.99. The van der Waals surface area contributed by atoms with Gasteiger partial charge >= 0.3 is 11.9 Å². The van der Waals surface area contributed by atoms with Gasteiger partial charge in [-0.15, -0.1) is 0 Å². The maximum absolute atomic E-state index is 13.2. The molecule has 1 saturated carbocycles. The van der Waals surface area contributed by atoms with Crippen molar-refractivity contribution in [2.24, 2.45) is 28.6 Å². The van der Waals surface area contributed by atoms with Crippen LogP contribution in [-0.4, -0.2) is 52.9 Å². The van der Waals surface area contributed by atoms with Gasteiger partial charge in [-0.05, 0) is 30.2 Å². The minimum atomic E-state index is -2.06. The number of methoxy groups -OCH3 is 1. The number of aliphatic hydroxyl groups is 2. The van der Waals surface area contributed by atoms with Crippen molar-refractivity contribution < 1.29 is 34.1 Å². The van der Waals surface area contributed by atoms with E-state index in [2.05, 4.69) is 0 Å². The fourth-order valence-corrected chi connectivity index (χ4v) is 6.41. The van der Waals surface area contributed by atoms with E-state index in [1.165, 1.54) is 19.3 Å². The first-order valence-corrected chi connectivity index (χ1v) is 9.12. The van der Waals surface area contributed by atoms with Crippen LogP contribution in [0.15, 0.2) is 23.3 Å². The molecule has 2 fully saturated rings. The summed E-state index contributed by atoms with van der Waals surface area (Å²) >= 11 is 0. The van der Waals surface area contributed by atoms with Crippen molar-refractivity contribution in [2.75, 3.05) is 7.11 Å². The molecule has 7 nitrogen and oxygen atoms in total. The second kappa shape index (κ2) is 5.08. The molecule has 146 valence electrons. The van der Waals surface area contributed by atoms with Crippen molar-refractivity contribution in [2.45, 2.75) is 45.5 Å². The minimum Gasteiger partial charge on any atom is -0.467 e. The lowest BCUT2D eigenvalue weighted by Gasteiger charge is -2.58. The predicted octanol–water partition coefficient (Wildman–Crippen LogP) is 0.540. The molecule has 8 atom stereocenters. The smallest absolute Gasteiger partial charge is 0.342 e. The summed E-state index contributed by atoms with van der Waals surface area (Å²) in [5.41, 5.74) is -3.64. The topological polar surface area (TPSA) is 110 Å². The standard InChI is InChI=1S/C20H24O7/c1-8-7-20(25,17(24)26-5)19(4)10(8)6-11(21)18(3)12-9(2)14(27-16(12)23)13(22)15(18)19/h6-7,9,12-15,22,25H,1-5H3/t9-,12-,13+,14-,15+,18+,19+,20+/m1/s1. The third-order valence-electron chi connectivity index (χ3n) is 7.65. The van der Waals surface area contributed by atoms with Gasteiger partial charge in [0, 0.05) is 17.3 Å². The number of carbonyl (C=O) groups is 3. The number of esters is 2. The van der Waals surface area contributed by atoms with E-state index >= 15 is 0 Å². The number of allylic oxidation sites excluding steroid dienone is 2. The molecule has 4 rings (SSSR count). The summed E-state index contributed by atoms with van der Waals surface area (Å²) in [7, 11) is 1.18. The van der Waals surface area contributed by atoms with E-state index < -0.39 is 52.4 Å². The zero-order chi connectivity index (χ0) is 20.1. The van der Waals surface area contributed by atoms with Gasteiger partial charge in [0.15, 0.2) is 11.4 Å². The summed E-state index contributed by atoms with van der Waals surface area (Å²) < 4.78 is 10.3. The molecule has 2 N–H and O–H groups in total. The zero-order valence-corrected chi connectivity index (χ0v) is 16.0. The van der Waals surface area contributed by atoms with Gasteiger partial charge in [0.1, 0.15) is 6.10 Å². The number of rotatable bonds is 1. The lowest BCUT2D eigenvalue weighted by atomic mass is 9.43. The van der Waals surface area contributed by atoms with Crippen molar-refractivity contribution in [1.82, 2.24) is 0 Å². The second-order valence-electron chi connectivity index (χ2n) is 8.70. The molecule has 7 heteroatoms. The summed E-state index contributed by atoms with van der Waals surface area (Å²) in [5, 5.41) is 22.6. The molecular formula is C20H24O7. The molecule has 3 aliphatic carbocycles. The second-order valence-corrected chi connectivity index (χ2v) is 8.70. The Bertz CT molecular complexity index is 841. The molecule has 4 aliphatic rings. The molecule has 0 spiro atoms. The van der Waals surface area contributed by atoms with Crippen LogP contribution < -0.4 is 0 Å². The van der Waals surface area contributed by atoms with Gasteiger partial charge in [-0.1, -0.05) is 20.8 Å². The van der Waals surface area contributed by atoms with Crippen LogP contribution in [0.4, 0.5) is 0 Å².